The summed E-state index contributed by atoms with van der Waals surface area (Å²) < 4.78 is 6.02. The Balaban J connectivity index is 0.00000338. The average molecular weight is 378 g/mol. The first-order valence-electron chi connectivity index (χ1n) is 9.16. The first kappa shape index (κ1) is 22.3. The van der Waals surface area contributed by atoms with Gasteiger partial charge in [0.05, 0.1) is 0 Å². The number of hydrogen-bond acceptors (Lipinski definition) is 3. The first-order chi connectivity index (χ1) is 12.0. The fourth-order valence-electron chi connectivity index (χ4n) is 2.88. The molecule has 0 aromatic heterocycles. The summed E-state index contributed by atoms with van der Waals surface area (Å²) in [5, 5.41) is 9.91. The van der Waals surface area contributed by atoms with Crippen LogP contribution in [-0.2, 0) is 6.42 Å². The fourth-order valence-corrected chi connectivity index (χ4v) is 2.88. The van der Waals surface area contributed by atoms with Gasteiger partial charge in [0.2, 0.25) is 0 Å². The number of benzene rings is 2. The smallest absolute Gasteiger partial charge is 0.123 e. The van der Waals surface area contributed by atoms with E-state index in [9.17, 15) is 5.11 Å². The Morgan fingerprint density at radius 2 is 1.77 bits per heavy atom. The van der Waals surface area contributed by atoms with Crippen molar-refractivity contribution in [3.8, 4) is 11.5 Å². The lowest BCUT2D eigenvalue weighted by Gasteiger charge is -2.19. The standard InChI is InChI=1S/C22H31NO2.ClH/c1-17(2)20-16-21(24)18(3)15-22(20)25-14-13-23(4)12-8-11-19-9-6-5-7-10-19;/h5-7,9-10,15-17,24H,8,11-14H2,1-4H3;1H. The molecule has 0 saturated heterocycles. The summed E-state index contributed by atoms with van der Waals surface area (Å²) in [6.07, 6.45) is 2.26. The van der Waals surface area contributed by atoms with Gasteiger partial charge in [0.15, 0.2) is 0 Å². The third-order valence-electron chi connectivity index (χ3n) is 4.53. The van der Waals surface area contributed by atoms with E-state index in [1.165, 1.54) is 5.56 Å². The van der Waals surface area contributed by atoms with E-state index in [0.717, 1.165) is 42.8 Å². The van der Waals surface area contributed by atoms with Gasteiger partial charge < -0.3 is 14.7 Å². The molecule has 144 valence electrons. The van der Waals surface area contributed by atoms with Crippen LogP contribution in [0, 0.1) is 6.92 Å². The van der Waals surface area contributed by atoms with Gasteiger partial charge in [-0.2, -0.15) is 0 Å². The van der Waals surface area contributed by atoms with E-state index in [2.05, 4.69) is 56.1 Å². The zero-order valence-corrected chi connectivity index (χ0v) is 17.2. The summed E-state index contributed by atoms with van der Waals surface area (Å²) in [6, 6.07) is 14.4. The highest BCUT2D eigenvalue weighted by Crippen LogP contribution is 2.32. The van der Waals surface area contributed by atoms with Gasteiger partial charge >= 0.3 is 0 Å². The van der Waals surface area contributed by atoms with Gasteiger partial charge in [0, 0.05) is 12.1 Å². The van der Waals surface area contributed by atoms with E-state index in [1.54, 1.807) is 0 Å². The van der Waals surface area contributed by atoms with Gasteiger partial charge in [-0.1, -0.05) is 44.2 Å². The molecule has 26 heavy (non-hydrogen) atoms. The third kappa shape index (κ3) is 6.89. The Hall–Kier alpha value is -1.71. The lowest BCUT2D eigenvalue weighted by molar-refractivity contribution is 0.234. The largest absolute Gasteiger partial charge is 0.508 e. The molecular formula is C22H32ClNO2. The topological polar surface area (TPSA) is 32.7 Å². The van der Waals surface area contributed by atoms with E-state index in [-0.39, 0.29) is 12.4 Å². The highest BCUT2D eigenvalue weighted by molar-refractivity contribution is 5.85. The Morgan fingerprint density at radius 1 is 1.08 bits per heavy atom. The molecule has 2 aromatic rings. The Kier molecular flexibility index (Phi) is 9.53. The van der Waals surface area contributed by atoms with Crippen LogP contribution in [0.25, 0.3) is 0 Å². The predicted molar refractivity (Wildman–Crippen MR) is 112 cm³/mol. The summed E-state index contributed by atoms with van der Waals surface area (Å²) in [6.45, 7) is 8.75. The number of aryl methyl sites for hydroxylation is 2. The van der Waals surface area contributed by atoms with E-state index >= 15 is 0 Å². The average Bonchev–Trinajstić information content (AvgIpc) is 2.58. The maximum absolute atomic E-state index is 9.91. The molecule has 0 aliphatic heterocycles. The van der Waals surface area contributed by atoms with Gasteiger partial charge in [-0.25, -0.2) is 0 Å². The molecule has 2 aromatic carbocycles. The number of ether oxygens (including phenoxy) is 1. The second-order valence-electron chi connectivity index (χ2n) is 7.07. The molecule has 2 rings (SSSR count). The SMILES string of the molecule is Cc1cc(OCCN(C)CCCc2ccccc2)c(C(C)C)cc1O.Cl. The van der Waals surface area contributed by atoms with Crippen molar-refractivity contribution in [2.75, 3.05) is 26.7 Å². The van der Waals surface area contributed by atoms with Crippen molar-refractivity contribution in [1.82, 2.24) is 4.90 Å². The van der Waals surface area contributed by atoms with Crippen molar-refractivity contribution in [3.05, 3.63) is 59.2 Å². The van der Waals surface area contributed by atoms with Crippen LogP contribution < -0.4 is 4.74 Å². The first-order valence-corrected chi connectivity index (χ1v) is 9.16. The molecular weight excluding hydrogens is 346 g/mol. The number of nitrogens with zero attached hydrogens (tertiary/aromatic N) is 1. The predicted octanol–water partition coefficient (Wildman–Crippen LogP) is 5.19. The van der Waals surface area contributed by atoms with Crippen molar-refractivity contribution >= 4 is 12.4 Å². The highest BCUT2D eigenvalue weighted by atomic mass is 35.5. The summed E-state index contributed by atoms with van der Waals surface area (Å²) in [7, 11) is 2.14. The Labute approximate surface area is 164 Å². The summed E-state index contributed by atoms with van der Waals surface area (Å²) >= 11 is 0. The van der Waals surface area contributed by atoms with Crippen LogP contribution >= 0.6 is 12.4 Å². The van der Waals surface area contributed by atoms with Crippen LogP contribution in [0.1, 0.15) is 42.9 Å². The molecule has 1 N–H and O–H groups in total. The van der Waals surface area contributed by atoms with Crippen molar-refractivity contribution < 1.29 is 9.84 Å². The molecule has 0 fully saturated rings. The minimum Gasteiger partial charge on any atom is -0.508 e. The fraction of sp³-hybridized carbons (Fsp3) is 0.455. The summed E-state index contributed by atoms with van der Waals surface area (Å²) in [4.78, 5) is 2.31. The zero-order chi connectivity index (χ0) is 18.2. The van der Waals surface area contributed by atoms with E-state index in [1.807, 2.05) is 19.1 Å². The lowest BCUT2D eigenvalue weighted by atomic mass is 10.00. The van der Waals surface area contributed by atoms with Crippen molar-refractivity contribution in [2.45, 2.75) is 39.5 Å². The van der Waals surface area contributed by atoms with Gasteiger partial charge in [-0.05, 0) is 62.5 Å². The number of hydrogen-bond donors (Lipinski definition) is 1. The summed E-state index contributed by atoms with van der Waals surface area (Å²) in [5.41, 5.74) is 3.32. The van der Waals surface area contributed by atoms with Crippen LogP contribution in [0.15, 0.2) is 42.5 Å². The van der Waals surface area contributed by atoms with Gasteiger partial charge in [0.1, 0.15) is 18.1 Å². The molecule has 0 atom stereocenters. The molecule has 0 saturated carbocycles. The second-order valence-corrected chi connectivity index (χ2v) is 7.07. The van der Waals surface area contributed by atoms with E-state index in [0.29, 0.717) is 18.3 Å². The second kappa shape index (κ2) is 11.1. The quantitative estimate of drug-likeness (QED) is 0.652. The number of halogens is 1. The molecule has 0 bridgehead atoms. The summed E-state index contributed by atoms with van der Waals surface area (Å²) in [5.74, 6) is 1.56. The van der Waals surface area contributed by atoms with Crippen molar-refractivity contribution in [2.24, 2.45) is 0 Å². The van der Waals surface area contributed by atoms with Crippen LogP contribution in [-0.4, -0.2) is 36.8 Å². The maximum Gasteiger partial charge on any atom is 0.123 e. The van der Waals surface area contributed by atoms with E-state index < -0.39 is 0 Å². The molecule has 0 radical (unpaired) electrons. The van der Waals surface area contributed by atoms with Crippen LogP contribution in [0.3, 0.4) is 0 Å². The van der Waals surface area contributed by atoms with Crippen LogP contribution in [0.5, 0.6) is 11.5 Å². The maximum atomic E-state index is 9.91. The van der Waals surface area contributed by atoms with Crippen molar-refractivity contribution in [3.63, 3.8) is 0 Å². The van der Waals surface area contributed by atoms with Crippen molar-refractivity contribution in [1.29, 1.82) is 0 Å². The normalized spacial score (nSPS) is 10.8. The number of phenolic OH excluding ortho intramolecular Hbond substituents is 1. The third-order valence-corrected chi connectivity index (χ3v) is 4.53. The van der Waals surface area contributed by atoms with Gasteiger partial charge in [0.25, 0.3) is 0 Å². The Morgan fingerprint density at radius 3 is 2.42 bits per heavy atom. The van der Waals surface area contributed by atoms with E-state index in [4.69, 9.17) is 4.74 Å². The molecule has 3 nitrogen and oxygen atoms in total. The van der Waals surface area contributed by atoms with Crippen LogP contribution in [0.4, 0.5) is 0 Å². The monoisotopic (exact) mass is 377 g/mol. The molecule has 0 aliphatic carbocycles. The number of rotatable bonds is 9. The molecule has 0 unspecified atom stereocenters. The number of aromatic hydroxyl groups is 1. The minimum absolute atomic E-state index is 0. The minimum atomic E-state index is 0. The number of phenols is 1. The highest BCUT2D eigenvalue weighted by Gasteiger charge is 2.11. The van der Waals surface area contributed by atoms with Crippen LogP contribution in [0.2, 0.25) is 0 Å². The lowest BCUT2D eigenvalue weighted by Crippen LogP contribution is -2.25. The molecule has 4 heteroatoms. The molecule has 0 aliphatic rings. The molecule has 0 amide bonds. The Bertz CT molecular complexity index is 659. The number of likely N-dealkylation sites (N-methyl/N-ethyl adjacent to an activating group) is 1. The molecule has 0 spiro atoms. The molecule has 0 heterocycles. The zero-order valence-electron chi connectivity index (χ0n) is 16.4. The van der Waals surface area contributed by atoms with Gasteiger partial charge in [-0.15, -0.1) is 12.4 Å². The van der Waals surface area contributed by atoms with Gasteiger partial charge in [-0.3, -0.25) is 0 Å².